The van der Waals surface area contributed by atoms with Crippen molar-refractivity contribution in [3.8, 4) is 0 Å². The van der Waals surface area contributed by atoms with Gasteiger partial charge < -0.3 is 4.90 Å². The smallest absolute Gasteiger partial charge is 0.0787 e. The van der Waals surface area contributed by atoms with Crippen LogP contribution < -0.4 is 0 Å². The average molecular weight is 143 g/mol. The van der Waals surface area contributed by atoms with Gasteiger partial charge in [-0.3, -0.25) is 0 Å². The monoisotopic (exact) mass is 143 g/mol. The molecule has 2 heteroatoms. The van der Waals surface area contributed by atoms with Crippen molar-refractivity contribution in [2.75, 3.05) is 6.54 Å². The molecule has 52 valence electrons. The topological polar surface area (TPSA) is 3.24 Å². The average Bonchev–Trinajstić information content (AvgIpc) is 1.82. The Morgan fingerprint density at radius 3 is 2.33 bits per heavy atom. The van der Waals surface area contributed by atoms with E-state index in [1.54, 1.807) is 0 Å². The van der Waals surface area contributed by atoms with Crippen molar-refractivity contribution in [1.82, 2.24) is 4.90 Å². The van der Waals surface area contributed by atoms with E-state index < -0.39 is 0 Å². The highest BCUT2D eigenvalue weighted by Crippen LogP contribution is 1.91. The van der Waals surface area contributed by atoms with E-state index >= 15 is 0 Å². The van der Waals surface area contributed by atoms with Gasteiger partial charge in [0.15, 0.2) is 0 Å². The minimum atomic E-state index is 0.926. The van der Waals surface area contributed by atoms with E-state index in [0.29, 0.717) is 0 Å². The summed E-state index contributed by atoms with van der Waals surface area (Å²) in [6.45, 7) is 6.95. The second-order valence-corrected chi connectivity index (χ2v) is 2.38. The lowest BCUT2D eigenvalue weighted by atomic mass is 10.5. The Balaban J connectivity index is 3.83. The molecule has 0 radical (unpaired) electrons. The lowest BCUT2D eigenvalue weighted by molar-refractivity contribution is 0.596. The number of nitrogens with zero attached hydrogens (tertiary/aromatic N) is 1. The van der Waals surface area contributed by atoms with Crippen LogP contribution in [0.15, 0.2) is 12.3 Å². The van der Waals surface area contributed by atoms with Gasteiger partial charge >= 0.3 is 0 Å². The molecule has 1 nitrogen and oxygen atoms in total. The van der Waals surface area contributed by atoms with Crippen molar-refractivity contribution in [3.05, 3.63) is 12.3 Å². The number of hydrogen-bond donors (Lipinski definition) is 0. The van der Waals surface area contributed by atoms with Crippen molar-refractivity contribution in [2.45, 2.75) is 20.8 Å². The number of hydrogen-bond acceptors (Lipinski definition) is 1. The molecule has 0 saturated carbocycles. The zero-order valence-electron chi connectivity index (χ0n) is 6.22. The van der Waals surface area contributed by atoms with Gasteiger partial charge in [-0.05, 0) is 20.8 Å². The maximum Gasteiger partial charge on any atom is 0.0787 e. The fourth-order valence-electron chi connectivity index (χ4n) is 0.613. The van der Waals surface area contributed by atoms with E-state index in [1.165, 1.54) is 0 Å². The summed E-state index contributed by atoms with van der Waals surface area (Å²) in [7, 11) is 0. The molecule has 0 heterocycles. The van der Waals surface area contributed by atoms with Crippen LogP contribution >= 0.6 is 12.2 Å². The SMILES string of the molecule is C/C=C/N(CC)C(C)=S. The van der Waals surface area contributed by atoms with Crippen LogP contribution in [0.4, 0.5) is 0 Å². The van der Waals surface area contributed by atoms with Crippen LogP contribution in [0.25, 0.3) is 0 Å². The summed E-state index contributed by atoms with van der Waals surface area (Å²) in [6, 6.07) is 0. The summed E-state index contributed by atoms with van der Waals surface area (Å²) in [6.07, 6.45) is 3.97. The van der Waals surface area contributed by atoms with Gasteiger partial charge in [0.25, 0.3) is 0 Å². The van der Waals surface area contributed by atoms with Crippen molar-refractivity contribution in [1.29, 1.82) is 0 Å². The summed E-state index contributed by atoms with van der Waals surface area (Å²) in [5.74, 6) is 0. The first-order chi connectivity index (χ1) is 4.22. The molecule has 0 fully saturated rings. The molecule has 0 bridgehead atoms. The molecule has 0 spiro atoms. The molecule has 0 amide bonds. The van der Waals surface area contributed by atoms with Gasteiger partial charge in [0.1, 0.15) is 0 Å². The van der Waals surface area contributed by atoms with Crippen LogP contribution in [-0.2, 0) is 0 Å². The normalized spacial score (nSPS) is 10.1. The fourth-order valence-corrected chi connectivity index (χ4v) is 0.803. The van der Waals surface area contributed by atoms with Gasteiger partial charge in [0, 0.05) is 12.7 Å². The second-order valence-electron chi connectivity index (χ2n) is 1.79. The summed E-state index contributed by atoms with van der Waals surface area (Å²) < 4.78 is 0. The third-order valence-corrected chi connectivity index (χ3v) is 1.31. The molecule has 0 aliphatic rings. The first-order valence-corrected chi connectivity index (χ1v) is 3.53. The van der Waals surface area contributed by atoms with Crippen LogP contribution in [0.5, 0.6) is 0 Å². The van der Waals surface area contributed by atoms with Crippen molar-refractivity contribution < 1.29 is 0 Å². The summed E-state index contributed by atoms with van der Waals surface area (Å²) >= 11 is 4.96. The third kappa shape index (κ3) is 3.25. The van der Waals surface area contributed by atoms with Crippen LogP contribution in [0.1, 0.15) is 20.8 Å². The highest BCUT2D eigenvalue weighted by Gasteiger charge is 1.93. The van der Waals surface area contributed by atoms with Gasteiger partial charge in [-0.1, -0.05) is 18.3 Å². The highest BCUT2D eigenvalue weighted by atomic mass is 32.1. The predicted molar refractivity (Wildman–Crippen MR) is 45.5 cm³/mol. The van der Waals surface area contributed by atoms with E-state index in [0.717, 1.165) is 11.5 Å². The largest absolute Gasteiger partial charge is 0.343 e. The summed E-state index contributed by atoms with van der Waals surface area (Å²) in [5, 5.41) is 0. The Labute approximate surface area is 62.4 Å². The third-order valence-electron chi connectivity index (χ3n) is 1.07. The molecular formula is C7H13NS. The zero-order valence-corrected chi connectivity index (χ0v) is 7.03. The van der Waals surface area contributed by atoms with Crippen molar-refractivity contribution in [3.63, 3.8) is 0 Å². The van der Waals surface area contributed by atoms with E-state index in [1.807, 2.05) is 31.0 Å². The maximum atomic E-state index is 4.96. The Morgan fingerprint density at radius 2 is 2.22 bits per heavy atom. The number of rotatable bonds is 2. The Kier molecular flexibility index (Phi) is 4.32. The zero-order chi connectivity index (χ0) is 7.28. The molecule has 0 aromatic carbocycles. The first-order valence-electron chi connectivity index (χ1n) is 3.12. The Hall–Kier alpha value is -0.370. The van der Waals surface area contributed by atoms with Crippen LogP contribution in [-0.4, -0.2) is 16.4 Å². The fraction of sp³-hybridized carbons (Fsp3) is 0.571. The molecule has 0 aromatic rings. The van der Waals surface area contributed by atoms with Crippen molar-refractivity contribution in [2.24, 2.45) is 0 Å². The van der Waals surface area contributed by atoms with Gasteiger partial charge in [0.05, 0.1) is 4.99 Å². The molecule has 0 saturated heterocycles. The first kappa shape index (κ1) is 8.63. The quantitative estimate of drug-likeness (QED) is 0.545. The molecule has 0 rings (SSSR count). The van der Waals surface area contributed by atoms with Crippen LogP contribution in [0, 0.1) is 0 Å². The lowest BCUT2D eigenvalue weighted by Crippen LogP contribution is -2.20. The lowest BCUT2D eigenvalue weighted by Gasteiger charge is -2.14. The Bertz CT molecular complexity index is 118. The maximum absolute atomic E-state index is 4.96. The van der Waals surface area contributed by atoms with Gasteiger partial charge in [0.2, 0.25) is 0 Å². The molecule has 9 heavy (non-hydrogen) atoms. The predicted octanol–water partition coefficient (Wildman–Crippen LogP) is 2.19. The van der Waals surface area contributed by atoms with E-state index in [4.69, 9.17) is 12.2 Å². The molecular weight excluding hydrogens is 130 g/mol. The summed E-state index contributed by atoms with van der Waals surface area (Å²) in [4.78, 5) is 2.95. The van der Waals surface area contributed by atoms with Crippen LogP contribution in [0.2, 0.25) is 0 Å². The Morgan fingerprint density at radius 1 is 1.67 bits per heavy atom. The van der Waals surface area contributed by atoms with Crippen LogP contribution in [0.3, 0.4) is 0 Å². The minimum Gasteiger partial charge on any atom is -0.343 e. The van der Waals surface area contributed by atoms with E-state index in [-0.39, 0.29) is 0 Å². The second kappa shape index (κ2) is 4.50. The molecule has 0 aliphatic carbocycles. The van der Waals surface area contributed by atoms with Gasteiger partial charge in [-0.2, -0.15) is 0 Å². The molecule has 0 aromatic heterocycles. The van der Waals surface area contributed by atoms with Gasteiger partial charge in [-0.25, -0.2) is 0 Å². The number of allylic oxidation sites excluding steroid dienone is 1. The molecule has 0 unspecified atom stereocenters. The van der Waals surface area contributed by atoms with E-state index in [9.17, 15) is 0 Å². The number of thiocarbonyl (C=S) groups is 1. The highest BCUT2D eigenvalue weighted by molar-refractivity contribution is 7.80. The van der Waals surface area contributed by atoms with Gasteiger partial charge in [-0.15, -0.1) is 0 Å². The summed E-state index contributed by atoms with van der Waals surface area (Å²) in [5.41, 5.74) is 0. The van der Waals surface area contributed by atoms with E-state index in [2.05, 4.69) is 6.92 Å². The molecule has 0 N–H and O–H groups in total. The molecule has 0 atom stereocenters. The van der Waals surface area contributed by atoms with Crippen molar-refractivity contribution >= 4 is 17.2 Å². The minimum absolute atomic E-state index is 0.926. The molecule has 0 aliphatic heterocycles. The standard InChI is InChI=1S/C7H13NS/c1-4-6-8(5-2)7(3)9/h4,6H,5H2,1-3H3/b6-4+.